The Morgan fingerprint density at radius 2 is 1.78 bits per heavy atom. The van der Waals surface area contributed by atoms with E-state index in [0.29, 0.717) is 17.8 Å². The lowest BCUT2D eigenvalue weighted by Crippen LogP contribution is -2.36. The van der Waals surface area contributed by atoms with Gasteiger partial charge in [-0.1, -0.05) is 23.5 Å². The molecular formula is C21H29N3O6S2. The van der Waals surface area contributed by atoms with Gasteiger partial charge < -0.3 is 14.8 Å². The molecule has 1 heterocycles. The highest BCUT2D eigenvalue weighted by molar-refractivity contribution is 7.80. The summed E-state index contributed by atoms with van der Waals surface area (Å²) in [5.41, 5.74) is 0.514. The molecule has 1 unspecified atom stereocenters. The van der Waals surface area contributed by atoms with Gasteiger partial charge in [-0.15, -0.1) is 0 Å². The third kappa shape index (κ3) is 8.56. The maximum absolute atomic E-state index is 12.4. The van der Waals surface area contributed by atoms with Gasteiger partial charge in [0.05, 0.1) is 17.2 Å². The molecule has 32 heavy (non-hydrogen) atoms. The third-order valence-electron chi connectivity index (χ3n) is 3.94. The molecule has 0 radical (unpaired) electrons. The zero-order chi connectivity index (χ0) is 24.1. The summed E-state index contributed by atoms with van der Waals surface area (Å²) in [5.74, 6) is -0.403. The van der Waals surface area contributed by atoms with Crippen molar-refractivity contribution in [3.05, 3.63) is 40.9 Å². The number of benzene rings is 1. The molecule has 0 saturated carbocycles. The molecule has 1 amide bonds. The summed E-state index contributed by atoms with van der Waals surface area (Å²) in [5, 5.41) is 4.74. The van der Waals surface area contributed by atoms with Crippen molar-refractivity contribution >= 4 is 40.4 Å². The smallest absolute Gasteiger partial charge is 0.408 e. The van der Waals surface area contributed by atoms with Crippen LogP contribution in [0.25, 0.3) is 0 Å². The number of amides is 1. The molecule has 3 N–H and O–H groups in total. The number of anilines is 1. The maximum atomic E-state index is 12.4. The predicted molar refractivity (Wildman–Crippen MR) is 124 cm³/mol. The van der Waals surface area contributed by atoms with Crippen molar-refractivity contribution in [2.24, 2.45) is 5.41 Å². The Morgan fingerprint density at radius 1 is 1.16 bits per heavy atom. The van der Waals surface area contributed by atoms with Gasteiger partial charge in [-0.3, -0.25) is 14.1 Å². The average molecular weight is 484 g/mol. The van der Waals surface area contributed by atoms with E-state index in [2.05, 4.69) is 15.0 Å². The molecule has 0 fully saturated rings. The Hall–Kier alpha value is -2.50. The van der Waals surface area contributed by atoms with Gasteiger partial charge in [0.25, 0.3) is 16.5 Å². The van der Waals surface area contributed by atoms with Gasteiger partial charge in [-0.25, -0.2) is 14.0 Å². The number of nitrogens with zero attached hydrogens (tertiary/aromatic N) is 1. The first-order valence-electron chi connectivity index (χ1n) is 9.86. The number of rotatable bonds is 7. The SMILES string of the molecule is CC(C)(C)OC(=O)N[C@@H](Cc1ccc(NS(=O)O)cc1)c1csc(OC(=O)C(C)(C)C)n1. The highest BCUT2D eigenvalue weighted by Gasteiger charge is 2.27. The topological polar surface area (TPSA) is 127 Å². The lowest BCUT2D eigenvalue weighted by Gasteiger charge is -2.23. The Labute approximate surface area is 194 Å². The van der Waals surface area contributed by atoms with E-state index in [-0.39, 0.29) is 5.19 Å². The number of ether oxygens (including phenoxy) is 2. The van der Waals surface area contributed by atoms with Crippen LogP contribution < -0.4 is 14.8 Å². The highest BCUT2D eigenvalue weighted by Crippen LogP contribution is 2.28. The predicted octanol–water partition coefficient (Wildman–Crippen LogP) is 4.45. The van der Waals surface area contributed by atoms with Crippen LogP contribution in [0.2, 0.25) is 0 Å². The molecule has 0 aliphatic rings. The van der Waals surface area contributed by atoms with E-state index in [9.17, 15) is 13.8 Å². The second-order valence-electron chi connectivity index (χ2n) is 9.13. The fraction of sp³-hybridized carbons (Fsp3) is 0.476. The number of hydrogen-bond donors (Lipinski definition) is 3. The molecule has 0 bridgehead atoms. The van der Waals surface area contributed by atoms with E-state index < -0.39 is 40.4 Å². The molecule has 1 aromatic carbocycles. The summed E-state index contributed by atoms with van der Waals surface area (Å²) < 4.78 is 32.9. The normalized spacial score (nSPS) is 13.7. The molecule has 0 aliphatic carbocycles. The Kier molecular flexibility index (Phi) is 8.38. The minimum Gasteiger partial charge on any atom is -0.444 e. The van der Waals surface area contributed by atoms with Crippen LogP contribution in [0.4, 0.5) is 10.5 Å². The third-order valence-corrected chi connectivity index (χ3v) is 5.09. The maximum Gasteiger partial charge on any atom is 0.408 e. The van der Waals surface area contributed by atoms with E-state index >= 15 is 0 Å². The molecule has 2 rings (SSSR count). The van der Waals surface area contributed by atoms with Crippen LogP contribution in [0.3, 0.4) is 0 Å². The molecule has 2 aromatic rings. The van der Waals surface area contributed by atoms with Crippen LogP contribution in [-0.2, 0) is 27.2 Å². The van der Waals surface area contributed by atoms with Gasteiger partial charge in [0.2, 0.25) is 0 Å². The summed E-state index contributed by atoms with van der Waals surface area (Å²) in [6, 6.07) is 6.31. The first-order valence-corrected chi connectivity index (χ1v) is 11.9. The van der Waals surface area contributed by atoms with Gasteiger partial charge in [0, 0.05) is 11.1 Å². The second kappa shape index (κ2) is 10.4. The molecule has 9 nitrogen and oxygen atoms in total. The van der Waals surface area contributed by atoms with Crippen LogP contribution in [0.5, 0.6) is 5.19 Å². The molecule has 0 saturated heterocycles. The lowest BCUT2D eigenvalue weighted by atomic mass is 9.98. The molecule has 11 heteroatoms. The van der Waals surface area contributed by atoms with Crippen LogP contribution in [-0.4, -0.2) is 31.4 Å². The first kappa shape index (κ1) is 25.8. The van der Waals surface area contributed by atoms with Crippen LogP contribution in [0.15, 0.2) is 29.6 Å². The van der Waals surface area contributed by atoms with E-state index in [4.69, 9.17) is 14.0 Å². The van der Waals surface area contributed by atoms with E-state index in [1.165, 1.54) is 0 Å². The Bertz CT molecular complexity index is 961. The van der Waals surface area contributed by atoms with Crippen molar-refractivity contribution in [1.29, 1.82) is 0 Å². The summed E-state index contributed by atoms with van der Waals surface area (Å²) in [6.45, 7) is 10.6. The number of thiazole rings is 1. The highest BCUT2D eigenvalue weighted by atomic mass is 32.2. The fourth-order valence-electron chi connectivity index (χ4n) is 2.43. The van der Waals surface area contributed by atoms with Gasteiger partial charge in [0.1, 0.15) is 5.60 Å². The zero-order valence-corrected chi connectivity index (χ0v) is 20.6. The number of alkyl carbamates (subject to hydrolysis) is 1. The average Bonchev–Trinajstić information content (AvgIpc) is 3.08. The number of esters is 1. The number of nitrogens with one attached hydrogen (secondary N) is 2. The van der Waals surface area contributed by atoms with E-state index in [1.54, 1.807) is 71.2 Å². The van der Waals surface area contributed by atoms with Crippen molar-refractivity contribution in [1.82, 2.24) is 10.3 Å². The summed E-state index contributed by atoms with van der Waals surface area (Å²) in [6.07, 6.45) is -0.226. The number of hydrogen-bond acceptors (Lipinski definition) is 7. The van der Waals surface area contributed by atoms with Gasteiger partial charge in [-0.2, -0.15) is 0 Å². The van der Waals surface area contributed by atoms with Crippen LogP contribution >= 0.6 is 11.3 Å². The van der Waals surface area contributed by atoms with Crippen molar-refractivity contribution in [3.8, 4) is 5.19 Å². The minimum atomic E-state index is -2.16. The summed E-state index contributed by atoms with van der Waals surface area (Å²) in [7, 11) is 0. The monoisotopic (exact) mass is 483 g/mol. The molecule has 176 valence electrons. The molecule has 0 spiro atoms. The van der Waals surface area contributed by atoms with Crippen molar-refractivity contribution < 1.29 is 27.8 Å². The van der Waals surface area contributed by atoms with E-state index in [0.717, 1.165) is 16.9 Å². The largest absolute Gasteiger partial charge is 0.444 e. The lowest BCUT2D eigenvalue weighted by molar-refractivity contribution is -0.143. The standard InChI is InChI=1S/C21H29N3O6S2/c1-20(2,3)17(25)29-19-23-16(12-31-19)15(22-18(26)30-21(4,5)6)11-13-7-9-14(10-8-13)24-32(27)28/h7-10,12,15,24H,11H2,1-6H3,(H,22,26)(H,27,28)/t15-/m0/s1. The number of carbonyl (C=O) groups is 2. The van der Waals surface area contributed by atoms with Crippen molar-refractivity contribution in [2.45, 2.75) is 59.6 Å². The quantitative estimate of drug-likeness (QED) is 0.392. The van der Waals surface area contributed by atoms with Crippen molar-refractivity contribution in [3.63, 3.8) is 0 Å². The number of carbonyl (C=O) groups excluding carboxylic acids is 2. The first-order chi connectivity index (χ1) is 14.7. The zero-order valence-electron chi connectivity index (χ0n) is 18.9. The van der Waals surface area contributed by atoms with Gasteiger partial charge in [0.15, 0.2) is 0 Å². The minimum absolute atomic E-state index is 0.195. The molecule has 1 aromatic heterocycles. The number of aromatic nitrogens is 1. The molecule has 0 aliphatic heterocycles. The Morgan fingerprint density at radius 3 is 2.31 bits per heavy atom. The summed E-state index contributed by atoms with van der Waals surface area (Å²) >= 11 is -0.999. The van der Waals surface area contributed by atoms with E-state index in [1.807, 2.05) is 0 Å². The fourth-order valence-corrected chi connectivity index (χ4v) is 3.49. The Balaban J connectivity index is 2.22. The van der Waals surface area contributed by atoms with Gasteiger partial charge >= 0.3 is 12.1 Å². The van der Waals surface area contributed by atoms with Crippen LogP contribution in [0.1, 0.15) is 58.8 Å². The summed E-state index contributed by atoms with van der Waals surface area (Å²) in [4.78, 5) is 29.0. The van der Waals surface area contributed by atoms with Crippen molar-refractivity contribution in [2.75, 3.05) is 4.72 Å². The molecular weight excluding hydrogens is 454 g/mol. The molecule has 2 atom stereocenters. The van der Waals surface area contributed by atoms with Crippen LogP contribution in [0, 0.1) is 5.41 Å². The second-order valence-corrected chi connectivity index (χ2v) is 10.7. The van der Waals surface area contributed by atoms with Gasteiger partial charge in [-0.05, 0) is 65.7 Å².